The largest absolute Gasteiger partial charge is 0.464 e. The molecule has 0 bridgehead atoms. The first-order valence-corrected chi connectivity index (χ1v) is 12.1. The van der Waals surface area contributed by atoms with Crippen molar-refractivity contribution in [2.45, 2.75) is 56.5 Å². The van der Waals surface area contributed by atoms with Gasteiger partial charge in [-0.1, -0.05) is 25.0 Å². The molecule has 4 atom stereocenters. The Hall–Kier alpha value is -1.12. The number of likely N-dealkylation sites (tertiary alicyclic amines) is 1. The van der Waals surface area contributed by atoms with E-state index < -0.39 is 0 Å². The van der Waals surface area contributed by atoms with Crippen molar-refractivity contribution in [2.75, 3.05) is 26.7 Å². The number of fused-ring (bicyclic) bond motifs is 2. The normalized spacial score (nSPS) is 30.0. The lowest BCUT2D eigenvalue weighted by Gasteiger charge is -2.45. The molecule has 0 saturated carbocycles. The van der Waals surface area contributed by atoms with Crippen LogP contribution in [0.5, 0.6) is 0 Å². The van der Waals surface area contributed by atoms with Crippen molar-refractivity contribution in [3.63, 3.8) is 0 Å². The standard InChI is InChI=1S/C23H30IN3O2/c1-27-12-14(13-29-23(28)19-7-3-2-4-9-25-19)10-16-15-6-5-8-18-21(15)17(11-20(16)27)22(24)26-18/h5-6,8,14,16,19-20,25-26H,2-4,7,9-13H2,1H3/t14-,16-,19-,20-/m1/s1. The van der Waals surface area contributed by atoms with Crippen LogP contribution in [-0.4, -0.2) is 54.7 Å². The molecule has 3 aliphatic rings. The molecule has 2 aliphatic heterocycles. The third-order valence-electron chi connectivity index (χ3n) is 7.19. The van der Waals surface area contributed by atoms with Gasteiger partial charge in [0.1, 0.15) is 6.04 Å². The highest BCUT2D eigenvalue weighted by Gasteiger charge is 2.40. The number of likely N-dealkylation sites (N-methyl/N-ethyl adjacent to an activating group) is 1. The van der Waals surface area contributed by atoms with Gasteiger partial charge in [-0.15, -0.1) is 0 Å². The SMILES string of the molecule is CN1C[C@H](COC(=O)[C@H]2CCCCCN2)C[C@@H]2c3cccc4[nH]c(I)c(c34)C[C@H]21. The lowest BCUT2D eigenvalue weighted by molar-refractivity contribution is -0.148. The Kier molecular flexibility index (Phi) is 5.60. The quantitative estimate of drug-likeness (QED) is 0.490. The van der Waals surface area contributed by atoms with Gasteiger partial charge in [0.25, 0.3) is 0 Å². The maximum absolute atomic E-state index is 12.6. The average molecular weight is 507 g/mol. The van der Waals surface area contributed by atoms with Crippen LogP contribution >= 0.6 is 22.6 Å². The van der Waals surface area contributed by atoms with Crippen LogP contribution in [0.4, 0.5) is 0 Å². The topological polar surface area (TPSA) is 57.4 Å². The van der Waals surface area contributed by atoms with Crippen LogP contribution in [0.1, 0.15) is 49.1 Å². The van der Waals surface area contributed by atoms with Crippen LogP contribution in [-0.2, 0) is 16.0 Å². The Morgan fingerprint density at radius 1 is 1.31 bits per heavy atom. The number of H-pyrrole nitrogens is 1. The van der Waals surface area contributed by atoms with Crippen molar-refractivity contribution < 1.29 is 9.53 Å². The summed E-state index contributed by atoms with van der Waals surface area (Å²) in [6, 6.07) is 7.10. The van der Waals surface area contributed by atoms with Gasteiger partial charge in [0.05, 0.1) is 10.3 Å². The van der Waals surface area contributed by atoms with Gasteiger partial charge in [-0.05, 0) is 79.1 Å². The molecule has 2 saturated heterocycles. The van der Waals surface area contributed by atoms with Crippen molar-refractivity contribution in [3.05, 3.63) is 33.0 Å². The number of esters is 1. The molecule has 2 fully saturated rings. The van der Waals surface area contributed by atoms with Gasteiger partial charge in [-0.2, -0.15) is 0 Å². The minimum absolute atomic E-state index is 0.0510. The fourth-order valence-corrected chi connectivity index (χ4v) is 6.53. The summed E-state index contributed by atoms with van der Waals surface area (Å²) in [6.45, 7) is 2.47. The Balaban J connectivity index is 1.31. The second kappa shape index (κ2) is 8.19. The third kappa shape index (κ3) is 3.72. The summed E-state index contributed by atoms with van der Waals surface area (Å²) in [4.78, 5) is 18.6. The molecular formula is C23H30IN3O2. The van der Waals surface area contributed by atoms with Gasteiger partial charge < -0.3 is 19.9 Å². The summed E-state index contributed by atoms with van der Waals surface area (Å²) in [5.74, 6) is 0.854. The fraction of sp³-hybridized carbons (Fsp3) is 0.609. The van der Waals surface area contributed by atoms with E-state index in [2.05, 4.69) is 63.0 Å². The Bertz CT molecular complexity index is 903. The van der Waals surface area contributed by atoms with E-state index in [1.54, 1.807) is 0 Å². The minimum Gasteiger partial charge on any atom is -0.464 e. The molecular weight excluding hydrogens is 477 g/mol. The highest BCUT2D eigenvalue weighted by atomic mass is 127. The molecule has 5 rings (SSSR count). The number of hydrogen-bond acceptors (Lipinski definition) is 4. The number of nitrogens with one attached hydrogen (secondary N) is 2. The first-order valence-electron chi connectivity index (χ1n) is 11.0. The second-order valence-corrected chi connectivity index (χ2v) is 10.2. The summed E-state index contributed by atoms with van der Waals surface area (Å²) >= 11 is 2.45. The van der Waals surface area contributed by atoms with E-state index in [9.17, 15) is 4.79 Å². The average Bonchev–Trinajstić information content (AvgIpc) is 2.89. The molecule has 0 spiro atoms. The molecule has 5 nitrogen and oxygen atoms in total. The van der Waals surface area contributed by atoms with Gasteiger partial charge in [-0.25, -0.2) is 0 Å². The smallest absolute Gasteiger partial charge is 0.323 e. The summed E-state index contributed by atoms with van der Waals surface area (Å²) in [5.41, 5.74) is 4.21. The molecule has 6 heteroatoms. The van der Waals surface area contributed by atoms with Crippen molar-refractivity contribution in [1.82, 2.24) is 15.2 Å². The van der Waals surface area contributed by atoms with Crippen molar-refractivity contribution in [1.29, 1.82) is 0 Å². The Labute approximate surface area is 186 Å². The van der Waals surface area contributed by atoms with Crippen molar-refractivity contribution >= 4 is 39.5 Å². The van der Waals surface area contributed by atoms with Crippen LogP contribution < -0.4 is 5.32 Å². The minimum atomic E-state index is -0.112. The number of carbonyl (C=O) groups excluding carboxylic acids is 1. The van der Waals surface area contributed by atoms with Gasteiger partial charge in [-0.3, -0.25) is 4.79 Å². The number of nitrogens with zero attached hydrogens (tertiary/aromatic N) is 1. The molecule has 156 valence electrons. The first-order chi connectivity index (χ1) is 14.1. The Morgan fingerprint density at radius 2 is 2.21 bits per heavy atom. The van der Waals surface area contributed by atoms with Crippen LogP contribution in [0, 0.1) is 9.62 Å². The number of aromatic amines is 1. The molecule has 1 aromatic heterocycles. The van der Waals surface area contributed by atoms with E-state index in [0.29, 0.717) is 24.5 Å². The van der Waals surface area contributed by atoms with E-state index in [4.69, 9.17) is 4.74 Å². The van der Waals surface area contributed by atoms with E-state index in [1.165, 1.54) is 32.2 Å². The van der Waals surface area contributed by atoms with Crippen LogP contribution in [0.15, 0.2) is 18.2 Å². The number of hydrogen-bond donors (Lipinski definition) is 2. The number of carbonyl (C=O) groups is 1. The van der Waals surface area contributed by atoms with Gasteiger partial charge in [0.2, 0.25) is 0 Å². The predicted octanol–water partition coefficient (Wildman–Crippen LogP) is 3.81. The number of piperidine rings is 1. The fourth-order valence-electron chi connectivity index (χ4n) is 5.75. The van der Waals surface area contributed by atoms with Crippen LogP contribution in [0.3, 0.4) is 0 Å². The lowest BCUT2D eigenvalue weighted by Crippen LogP contribution is -2.49. The maximum atomic E-state index is 12.6. The zero-order valence-corrected chi connectivity index (χ0v) is 19.2. The molecule has 2 N–H and O–H groups in total. The second-order valence-electron chi connectivity index (χ2n) is 9.09. The summed E-state index contributed by atoms with van der Waals surface area (Å²) in [7, 11) is 2.24. The molecule has 29 heavy (non-hydrogen) atoms. The number of aromatic nitrogens is 1. The highest BCUT2D eigenvalue weighted by Crippen LogP contribution is 2.45. The van der Waals surface area contributed by atoms with E-state index in [0.717, 1.165) is 45.2 Å². The maximum Gasteiger partial charge on any atom is 0.323 e. The van der Waals surface area contributed by atoms with E-state index in [1.807, 2.05) is 0 Å². The first kappa shape index (κ1) is 19.8. The summed E-state index contributed by atoms with van der Waals surface area (Å²) in [5, 5.41) is 4.80. The molecule has 0 radical (unpaired) electrons. The van der Waals surface area contributed by atoms with Gasteiger partial charge >= 0.3 is 5.97 Å². The molecule has 0 unspecified atom stereocenters. The molecule has 1 aliphatic carbocycles. The lowest BCUT2D eigenvalue weighted by atomic mass is 9.72. The van der Waals surface area contributed by atoms with Crippen molar-refractivity contribution in [2.24, 2.45) is 5.92 Å². The molecule has 2 aromatic rings. The summed E-state index contributed by atoms with van der Waals surface area (Å²) in [6.07, 6.45) is 6.59. The monoisotopic (exact) mass is 507 g/mol. The molecule has 0 amide bonds. The predicted molar refractivity (Wildman–Crippen MR) is 123 cm³/mol. The molecule has 3 heterocycles. The third-order valence-corrected chi connectivity index (χ3v) is 8.11. The molecule has 1 aromatic carbocycles. The zero-order chi connectivity index (χ0) is 20.0. The summed E-state index contributed by atoms with van der Waals surface area (Å²) < 4.78 is 7.10. The van der Waals surface area contributed by atoms with Gasteiger partial charge in [0.15, 0.2) is 0 Å². The van der Waals surface area contributed by atoms with E-state index >= 15 is 0 Å². The number of halogens is 1. The van der Waals surface area contributed by atoms with Crippen LogP contribution in [0.2, 0.25) is 0 Å². The van der Waals surface area contributed by atoms with Crippen LogP contribution in [0.25, 0.3) is 10.9 Å². The van der Waals surface area contributed by atoms with Gasteiger partial charge in [0, 0.05) is 35.3 Å². The highest BCUT2D eigenvalue weighted by molar-refractivity contribution is 14.1. The number of benzene rings is 1. The number of ether oxygens (including phenoxy) is 1. The zero-order valence-electron chi connectivity index (χ0n) is 17.0. The van der Waals surface area contributed by atoms with Crippen molar-refractivity contribution in [3.8, 4) is 0 Å². The Morgan fingerprint density at radius 3 is 3.10 bits per heavy atom. The number of rotatable bonds is 3. The van der Waals surface area contributed by atoms with E-state index in [-0.39, 0.29) is 12.0 Å².